The molecule has 1 atom stereocenters. The van der Waals surface area contributed by atoms with Gasteiger partial charge in [0.25, 0.3) is 10.0 Å². The number of nitrogens with one attached hydrogen (secondary N) is 1. The molecule has 0 aromatic heterocycles. The number of likely N-dealkylation sites (N-methyl/N-ethyl adjacent to an activating group) is 1. The summed E-state index contributed by atoms with van der Waals surface area (Å²) >= 11 is 0. The molecule has 2 amide bonds. The van der Waals surface area contributed by atoms with Crippen LogP contribution in [0.3, 0.4) is 0 Å². The first kappa shape index (κ1) is 31.6. The first-order chi connectivity index (χ1) is 21.8. The van der Waals surface area contributed by atoms with Crippen molar-refractivity contribution in [1.82, 2.24) is 10.2 Å². The van der Waals surface area contributed by atoms with Gasteiger partial charge in [-0.25, -0.2) is 8.42 Å². The Balaban J connectivity index is 1.57. The molecule has 0 unspecified atom stereocenters. The Hall–Kier alpha value is -4.83. The molecular formula is C35H37N3O6S. The first-order valence-corrected chi connectivity index (χ1v) is 16.3. The van der Waals surface area contributed by atoms with Crippen molar-refractivity contribution >= 4 is 27.5 Å². The van der Waals surface area contributed by atoms with Gasteiger partial charge >= 0.3 is 0 Å². The molecule has 5 rings (SSSR count). The number of anilines is 1. The molecule has 45 heavy (non-hydrogen) atoms. The molecule has 1 aliphatic rings. The van der Waals surface area contributed by atoms with E-state index in [0.717, 1.165) is 21.0 Å². The van der Waals surface area contributed by atoms with Gasteiger partial charge in [-0.15, -0.1) is 0 Å². The van der Waals surface area contributed by atoms with E-state index in [2.05, 4.69) is 5.32 Å². The first-order valence-electron chi connectivity index (χ1n) is 14.9. The molecule has 0 saturated heterocycles. The van der Waals surface area contributed by atoms with Crippen molar-refractivity contribution in [2.75, 3.05) is 30.6 Å². The number of sulfonamides is 1. The summed E-state index contributed by atoms with van der Waals surface area (Å²) < 4.78 is 40.8. The van der Waals surface area contributed by atoms with E-state index >= 15 is 0 Å². The molecule has 0 saturated carbocycles. The van der Waals surface area contributed by atoms with Gasteiger partial charge < -0.3 is 19.7 Å². The minimum atomic E-state index is -4.21. The number of fused-ring (bicyclic) bond motifs is 1. The second-order valence-electron chi connectivity index (χ2n) is 10.8. The van der Waals surface area contributed by atoms with Crippen molar-refractivity contribution in [3.63, 3.8) is 0 Å². The quantitative estimate of drug-likeness (QED) is 0.243. The van der Waals surface area contributed by atoms with E-state index in [0.29, 0.717) is 31.3 Å². The highest BCUT2D eigenvalue weighted by atomic mass is 32.2. The number of carbonyl (C=O) groups is 2. The van der Waals surface area contributed by atoms with Crippen molar-refractivity contribution in [3.8, 4) is 11.5 Å². The number of ether oxygens (including phenoxy) is 2. The average Bonchev–Trinajstić information content (AvgIpc) is 3.06. The lowest BCUT2D eigenvalue weighted by Gasteiger charge is -2.34. The maximum absolute atomic E-state index is 14.5. The van der Waals surface area contributed by atoms with E-state index in [9.17, 15) is 18.0 Å². The van der Waals surface area contributed by atoms with Crippen LogP contribution in [0.2, 0.25) is 0 Å². The third-order valence-corrected chi connectivity index (χ3v) is 9.31. The number of carbonyl (C=O) groups excluding carboxylic acids is 2. The molecule has 1 heterocycles. The Labute approximate surface area is 264 Å². The van der Waals surface area contributed by atoms with Crippen LogP contribution in [0.5, 0.6) is 11.5 Å². The second-order valence-corrected chi connectivity index (χ2v) is 12.6. The van der Waals surface area contributed by atoms with Crippen molar-refractivity contribution < 1.29 is 27.5 Å². The van der Waals surface area contributed by atoms with E-state index in [1.165, 1.54) is 17.0 Å². The number of hydrogen-bond donors (Lipinski definition) is 1. The molecule has 9 nitrogen and oxygen atoms in total. The van der Waals surface area contributed by atoms with Gasteiger partial charge in [0, 0.05) is 25.6 Å². The smallest absolute Gasteiger partial charge is 0.264 e. The van der Waals surface area contributed by atoms with Crippen molar-refractivity contribution in [1.29, 1.82) is 0 Å². The fourth-order valence-corrected chi connectivity index (χ4v) is 6.60. The summed E-state index contributed by atoms with van der Waals surface area (Å²) in [4.78, 5) is 29.6. The lowest BCUT2D eigenvalue weighted by atomic mass is 10.0. The van der Waals surface area contributed by atoms with Crippen LogP contribution >= 0.6 is 0 Å². The average molecular weight is 628 g/mol. The van der Waals surface area contributed by atoms with E-state index in [1.807, 2.05) is 68.4 Å². The predicted octanol–water partition coefficient (Wildman–Crippen LogP) is 4.74. The number of nitrogens with zero attached hydrogens (tertiary/aromatic N) is 2. The molecular weight excluding hydrogens is 590 g/mol. The van der Waals surface area contributed by atoms with E-state index < -0.39 is 28.5 Å². The van der Waals surface area contributed by atoms with Gasteiger partial charge in [0.15, 0.2) is 11.5 Å². The lowest BCUT2D eigenvalue weighted by molar-refractivity contribution is -0.140. The molecule has 0 fully saturated rings. The van der Waals surface area contributed by atoms with Crippen molar-refractivity contribution in [2.24, 2.45) is 0 Å². The summed E-state index contributed by atoms with van der Waals surface area (Å²) in [5.74, 6) is 0.0320. The van der Waals surface area contributed by atoms with Crippen LogP contribution in [0, 0.1) is 6.92 Å². The lowest BCUT2D eigenvalue weighted by Crippen LogP contribution is -2.53. The highest BCUT2D eigenvalue weighted by molar-refractivity contribution is 7.92. The zero-order chi connectivity index (χ0) is 31.8. The summed E-state index contributed by atoms with van der Waals surface area (Å²) in [6, 6.07) is 29.0. The normalized spacial score (nSPS) is 13.0. The van der Waals surface area contributed by atoms with Crippen LogP contribution in [0.1, 0.15) is 23.6 Å². The van der Waals surface area contributed by atoms with E-state index in [-0.39, 0.29) is 29.5 Å². The molecule has 234 valence electrons. The maximum atomic E-state index is 14.5. The van der Waals surface area contributed by atoms with Gasteiger partial charge in [-0.2, -0.15) is 0 Å². The Morgan fingerprint density at radius 2 is 1.47 bits per heavy atom. The van der Waals surface area contributed by atoms with Gasteiger partial charge in [-0.1, -0.05) is 78.4 Å². The molecule has 4 aromatic carbocycles. The Morgan fingerprint density at radius 1 is 0.822 bits per heavy atom. The topological polar surface area (TPSA) is 105 Å². The predicted molar refractivity (Wildman–Crippen MR) is 173 cm³/mol. The molecule has 0 aliphatic carbocycles. The van der Waals surface area contributed by atoms with E-state index in [1.54, 1.807) is 36.4 Å². The standard InChI is InChI=1S/C35H37N3O6S/c1-3-36-35(40)31(22-27-10-6-4-7-11-27)37(24-28-16-14-26(2)15-17-28)34(39)25-38(45(41,42)30-12-8-5-9-13-30)29-18-19-32-33(23-29)44-21-20-43-32/h4-19,23,31H,3,20-22,24-25H2,1-2H3,(H,36,40)/t31-/m1/s1. The molecule has 4 aromatic rings. The maximum Gasteiger partial charge on any atom is 0.264 e. The van der Waals surface area contributed by atoms with Gasteiger partial charge in [0.2, 0.25) is 11.8 Å². The highest BCUT2D eigenvalue weighted by Gasteiger charge is 2.35. The number of amides is 2. The monoisotopic (exact) mass is 627 g/mol. The number of rotatable bonds is 12. The fraction of sp³-hybridized carbons (Fsp3) is 0.257. The van der Waals surface area contributed by atoms with Crippen LogP contribution in [0.4, 0.5) is 5.69 Å². The van der Waals surface area contributed by atoms with Crippen LogP contribution in [-0.2, 0) is 32.6 Å². The van der Waals surface area contributed by atoms with Crippen molar-refractivity contribution in [2.45, 2.75) is 37.8 Å². The number of hydrogen-bond acceptors (Lipinski definition) is 6. The SMILES string of the molecule is CCNC(=O)[C@@H](Cc1ccccc1)N(Cc1ccc(C)cc1)C(=O)CN(c1ccc2c(c1)OCCO2)S(=O)(=O)c1ccccc1. The van der Waals surface area contributed by atoms with Gasteiger partial charge in [0.05, 0.1) is 10.6 Å². The van der Waals surface area contributed by atoms with Gasteiger partial charge in [-0.05, 0) is 49.2 Å². The minimum Gasteiger partial charge on any atom is -0.486 e. The Bertz CT molecular complexity index is 1710. The minimum absolute atomic E-state index is 0.0299. The van der Waals surface area contributed by atoms with Gasteiger partial charge in [-0.3, -0.25) is 13.9 Å². The van der Waals surface area contributed by atoms with Gasteiger partial charge in [0.1, 0.15) is 25.8 Å². The summed E-state index contributed by atoms with van der Waals surface area (Å²) in [5, 5.41) is 2.88. The zero-order valence-corrected chi connectivity index (χ0v) is 26.2. The second kappa shape index (κ2) is 14.3. The Kier molecular flexibility index (Phi) is 10.0. The third kappa shape index (κ3) is 7.64. The van der Waals surface area contributed by atoms with Crippen LogP contribution in [0.25, 0.3) is 0 Å². The summed E-state index contributed by atoms with van der Waals surface area (Å²) in [6.07, 6.45) is 0.250. The summed E-state index contributed by atoms with van der Waals surface area (Å²) in [6.45, 7) is 4.43. The van der Waals surface area contributed by atoms with Crippen LogP contribution in [-0.4, -0.2) is 57.5 Å². The zero-order valence-electron chi connectivity index (χ0n) is 25.4. The molecule has 0 spiro atoms. The number of aryl methyl sites for hydroxylation is 1. The molecule has 1 aliphatic heterocycles. The van der Waals surface area contributed by atoms with E-state index in [4.69, 9.17) is 9.47 Å². The molecule has 0 radical (unpaired) electrons. The third-order valence-electron chi connectivity index (χ3n) is 7.52. The van der Waals surface area contributed by atoms with Crippen LogP contribution < -0.4 is 19.1 Å². The van der Waals surface area contributed by atoms with Crippen molar-refractivity contribution in [3.05, 3.63) is 120 Å². The largest absolute Gasteiger partial charge is 0.486 e. The Morgan fingerprint density at radius 3 is 2.13 bits per heavy atom. The molecule has 10 heteroatoms. The summed E-state index contributed by atoms with van der Waals surface area (Å²) in [5.41, 5.74) is 2.98. The molecule has 1 N–H and O–H groups in total. The fourth-order valence-electron chi connectivity index (χ4n) is 5.17. The highest BCUT2D eigenvalue weighted by Crippen LogP contribution is 2.36. The number of benzene rings is 4. The molecule has 0 bridgehead atoms. The summed E-state index contributed by atoms with van der Waals surface area (Å²) in [7, 11) is -4.21. The van der Waals surface area contributed by atoms with Crippen LogP contribution in [0.15, 0.2) is 108 Å².